The number of nitrogens with one attached hydrogen (secondary N) is 3. The van der Waals surface area contributed by atoms with Gasteiger partial charge in [-0.2, -0.15) is 10.4 Å². The van der Waals surface area contributed by atoms with E-state index in [1.165, 1.54) is 26.2 Å². The van der Waals surface area contributed by atoms with Gasteiger partial charge in [-0.25, -0.2) is 8.91 Å². The first-order valence-corrected chi connectivity index (χ1v) is 14.8. The summed E-state index contributed by atoms with van der Waals surface area (Å²) in [7, 11) is 2.08. The summed E-state index contributed by atoms with van der Waals surface area (Å²) in [6.45, 7) is 4.87. The number of halogens is 1. The number of anilines is 1. The largest absolute Gasteiger partial charge is 0.387 e. The zero-order chi connectivity index (χ0) is 30.7. The molecule has 228 valence electrons. The third-order valence-corrected chi connectivity index (χ3v) is 8.50. The van der Waals surface area contributed by atoms with E-state index in [4.69, 9.17) is 0 Å². The van der Waals surface area contributed by atoms with Crippen LogP contribution in [0, 0.1) is 23.2 Å². The third-order valence-electron chi connectivity index (χ3n) is 8.50. The fourth-order valence-electron chi connectivity index (χ4n) is 5.58. The number of likely N-dealkylation sites (tertiary alicyclic amines) is 1. The normalized spacial score (nSPS) is 20.2. The van der Waals surface area contributed by atoms with Gasteiger partial charge in [0.2, 0.25) is 5.91 Å². The van der Waals surface area contributed by atoms with Crippen LogP contribution in [-0.2, 0) is 4.79 Å². The van der Waals surface area contributed by atoms with Gasteiger partial charge in [0, 0.05) is 24.7 Å². The van der Waals surface area contributed by atoms with Crippen molar-refractivity contribution in [3.8, 4) is 17.5 Å². The summed E-state index contributed by atoms with van der Waals surface area (Å²) in [5.41, 5.74) is 1.64. The summed E-state index contributed by atoms with van der Waals surface area (Å²) in [5.74, 6) is 0.0346. The summed E-state index contributed by atoms with van der Waals surface area (Å²) in [6, 6.07) is 9.35. The number of aromatic nitrogens is 3. The molecule has 2 fully saturated rings. The van der Waals surface area contributed by atoms with Crippen molar-refractivity contribution in [1.29, 1.82) is 5.26 Å². The molecule has 0 spiro atoms. The second-order valence-electron chi connectivity index (χ2n) is 12.4. The van der Waals surface area contributed by atoms with Crippen molar-refractivity contribution in [3.63, 3.8) is 0 Å². The highest BCUT2D eigenvalue weighted by molar-refractivity contribution is 6.00. The standard InChI is InChI=1S/C31H39FN8O3/c1-31(2,43)28(32)18-36-30(42)24-17-34-26(27-5-4-23-12-20(14-33)16-37-40(23)27)13-25(24)38-22-10-19(11-22)15-35-29(41)21-6-8-39(3)9-7-21/h4-5,12-13,16-17,19,21-22,28,43H,6-11,15,18H2,1-3H3,(H,34,38)(H,35,41)(H,36,42)/t19?,22?,28-/m1/s1. The number of nitriles is 1. The molecule has 3 aromatic heterocycles. The Balaban J connectivity index is 1.28. The minimum atomic E-state index is -1.64. The van der Waals surface area contributed by atoms with Gasteiger partial charge in [0.1, 0.15) is 12.2 Å². The number of amides is 2. The fourth-order valence-corrected chi connectivity index (χ4v) is 5.58. The number of hydrogen-bond donors (Lipinski definition) is 4. The lowest BCUT2D eigenvalue weighted by Gasteiger charge is -2.37. The predicted octanol–water partition coefficient (Wildman–Crippen LogP) is 2.76. The number of rotatable bonds is 10. The maximum atomic E-state index is 14.4. The smallest absolute Gasteiger partial charge is 0.255 e. The van der Waals surface area contributed by atoms with E-state index in [2.05, 4.69) is 44.0 Å². The molecule has 12 heteroatoms. The Kier molecular flexibility index (Phi) is 8.94. The van der Waals surface area contributed by atoms with Gasteiger partial charge in [0.15, 0.2) is 0 Å². The maximum absolute atomic E-state index is 14.4. The number of pyridine rings is 1. The van der Waals surface area contributed by atoms with Gasteiger partial charge in [-0.3, -0.25) is 14.6 Å². The highest BCUT2D eigenvalue weighted by Gasteiger charge is 2.32. The minimum Gasteiger partial charge on any atom is -0.387 e. The first-order chi connectivity index (χ1) is 20.5. The first-order valence-electron chi connectivity index (χ1n) is 14.8. The lowest BCUT2D eigenvalue weighted by Crippen LogP contribution is -2.45. The van der Waals surface area contributed by atoms with Gasteiger partial charge < -0.3 is 26.0 Å². The van der Waals surface area contributed by atoms with Gasteiger partial charge in [-0.1, -0.05) is 0 Å². The fraction of sp³-hybridized carbons (Fsp3) is 0.516. The molecule has 3 aromatic rings. The van der Waals surface area contributed by atoms with E-state index in [1.807, 2.05) is 12.1 Å². The highest BCUT2D eigenvalue weighted by Crippen LogP contribution is 2.33. The first kappa shape index (κ1) is 30.4. The van der Waals surface area contributed by atoms with Crippen LogP contribution in [0.4, 0.5) is 10.1 Å². The van der Waals surface area contributed by atoms with Gasteiger partial charge in [-0.15, -0.1) is 0 Å². The zero-order valence-corrected chi connectivity index (χ0v) is 24.8. The van der Waals surface area contributed by atoms with E-state index < -0.39 is 17.7 Å². The molecule has 1 aliphatic carbocycles. The van der Waals surface area contributed by atoms with Crippen LogP contribution in [0.15, 0.2) is 36.7 Å². The van der Waals surface area contributed by atoms with Gasteiger partial charge >= 0.3 is 0 Å². The third kappa shape index (κ3) is 7.12. The van der Waals surface area contributed by atoms with E-state index in [-0.39, 0.29) is 30.0 Å². The van der Waals surface area contributed by atoms with Crippen molar-refractivity contribution >= 4 is 23.0 Å². The van der Waals surface area contributed by atoms with Crippen molar-refractivity contribution < 1.29 is 19.1 Å². The van der Waals surface area contributed by atoms with Crippen LogP contribution in [-0.4, -0.2) is 87.5 Å². The number of fused-ring (bicyclic) bond motifs is 1. The number of nitrogens with zero attached hydrogens (tertiary/aromatic N) is 5. The molecule has 0 bridgehead atoms. The van der Waals surface area contributed by atoms with E-state index >= 15 is 0 Å². The van der Waals surface area contributed by atoms with E-state index in [1.54, 1.807) is 16.6 Å². The summed E-state index contributed by atoms with van der Waals surface area (Å²) in [4.78, 5) is 32.5. The average molecular weight is 591 g/mol. The minimum absolute atomic E-state index is 0.0768. The number of alkyl halides is 1. The summed E-state index contributed by atoms with van der Waals surface area (Å²) in [5, 5.41) is 32.7. The quantitative estimate of drug-likeness (QED) is 0.282. The molecule has 0 radical (unpaired) electrons. The number of piperidine rings is 1. The van der Waals surface area contributed by atoms with Crippen molar-refractivity contribution in [2.75, 3.05) is 38.5 Å². The summed E-state index contributed by atoms with van der Waals surface area (Å²) in [6.07, 6.45) is 4.70. The Morgan fingerprint density at radius 2 is 1.93 bits per heavy atom. The predicted molar refractivity (Wildman–Crippen MR) is 160 cm³/mol. The number of hydrogen-bond acceptors (Lipinski definition) is 8. The average Bonchev–Trinajstić information content (AvgIpc) is 3.39. The molecule has 11 nitrogen and oxygen atoms in total. The van der Waals surface area contributed by atoms with E-state index in [0.717, 1.165) is 44.3 Å². The summed E-state index contributed by atoms with van der Waals surface area (Å²) >= 11 is 0. The number of aliphatic hydroxyl groups is 1. The SMILES string of the molecule is CN1CCC(C(=O)NCC2CC(Nc3cc(-c4ccc5cc(C#N)cnn45)ncc3C(=O)NC[C@@H](F)C(C)(C)O)C2)CC1. The highest BCUT2D eigenvalue weighted by atomic mass is 19.1. The van der Waals surface area contributed by atoms with Crippen molar-refractivity contribution in [2.24, 2.45) is 11.8 Å². The Morgan fingerprint density at radius 1 is 1.19 bits per heavy atom. The molecule has 1 aliphatic heterocycles. The van der Waals surface area contributed by atoms with Crippen LogP contribution in [0.5, 0.6) is 0 Å². The van der Waals surface area contributed by atoms with Gasteiger partial charge in [-0.05, 0) is 89.9 Å². The topological polar surface area (TPSA) is 148 Å². The van der Waals surface area contributed by atoms with Crippen LogP contribution in [0.25, 0.3) is 16.9 Å². The number of carbonyl (C=O) groups is 2. The van der Waals surface area contributed by atoms with Gasteiger partial charge in [0.05, 0.1) is 52.1 Å². The maximum Gasteiger partial charge on any atom is 0.255 e. The Morgan fingerprint density at radius 3 is 2.63 bits per heavy atom. The molecule has 4 N–H and O–H groups in total. The van der Waals surface area contributed by atoms with Crippen molar-refractivity contribution in [3.05, 3.63) is 47.8 Å². The van der Waals surface area contributed by atoms with Crippen LogP contribution in [0.1, 0.15) is 55.5 Å². The molecular weight excluding hydrogens is 551 g/mol. The lowest BCUT2D eigenvalue weighted by molar-refractivity contribution is -0.126. The van der Waals surface area contributed by atoms with Crippen LogP contribution >= 0.6 is 0 Å². The summed E-state index contributed by atoms with van der Waals surface area (Å²) < 4.78 is 16.0. The lowest BCUT2D eigenvalue weighted by atomic mass is 9.80. The molecule has 43 heavy (non-hydrogen) atoms. The van der Waals surface area contributed by atoms with E-state index in [9.17, 15) is 24.3 Å². The van der Waals surface area contributed by atoms with Crippen LogP contribution < -0.4 is 16.0 Å². The molecule has 2 amide bonds. The van der Waals surface area contributed by atoms with Crippen molar-refractivity contribution in [2.45, 2.75) is 57.3 Å². The monoisotopic (exact) mass is 590 g/mol. The molecule has 1 saturated heterocycles. The van der Waals surface area contributed by atoms with E-state index in [0.29, 0.717) is 35.1 Å². The Bertz CT molecular complexity index is 1510. The second kappa shape index (κ2) is 12.7. The molecule has 2 aliphatic rings. The Hall–Kier alpha value is -4.08. The molecule has 5 rings (SSSR count). The van der Waals surface area contributed by atoms with Gasteiger partial charge in [0.25, 0.3) is 5.91 Å². The second-order valence-corrected chi connectivity index (χ2v) is 12.4. The molecule has 0 unspecified atom stereocenters. The van der Waals surface area contributed by atoms with Crippen LogP contribution in [0.3, 0.4) is 0 Å². The molecule has 0 aromatic carbocycles. The number of carbonyl (C=O) groups excluding carboxylic acids is 2. The molecule has 1 atom stereocenters. The molecular formula is C31H39FN8O3. The molecule has 4 heterocycles. The Labute approximate surface area is 250 Å². The van der Waals surface area contributed by atoms with Crippen molar-refractivity contribution in [1.82, 2.24) is 30.1 Å². The zero-order valence-electron chi connectivity index (χ0n) is 24.8. The van der Waals surface area contributed by atoms with Crippen LogP contribution in [0.2, 0.25) is 0 Å². The molecule has 1 saturated carbocycles.